The van der Waals surface area contributed by atoms with Crippen LogP contribution in [0, 0.1) is 11.7 Å². The van der Waals surface area contributed by atoms with Crippen molar-refractivity contribution in [2.45, 2.75) is 39.0 Å². The zero-order valence-electron chi connectivity index (χ0n) is 21.3. The van der Waals surface area contributed by atoms with Crippen LogP contribution in [0.1, 0.15) is 50.2 Å². The van der Waals surface area contributed by atoms with Crippen molar-refractivity contribution in [3.05, 3.63) is 88.0 Å². The number of ketones is 1. The molecule has 0 aromatic heterocycles. The highest BCUT2D eigenvalue weighted by molar-refractivity contribution is 6.13. The number of carbonyl (C=O) groups excluding carboxylic acids is 3. The molecule has 4 rings (SSSR count). The molecule has 0 bridgehead atoms. The Bertz CT molecular complexity index is 1260. The van der Waals surface area contributed by atoms with Crippen LogP contribution < -0.4 is 10.1 Å². The van der Waals surface area contributed by atoms with Gasteiger partial charge in [-0.15, -0.1) is 0 Å². The lowest BCUT2D eigenvalue weighted by atomic mass is 9.67. The minimum Gasteiger partial charge on any atom is -0.497 e. The van der Waals surface area contributed by atoms with E-state index in [2.05, 4.69) is 5.32 Å². The van der Waals surface area contributed by atoms with E-state index in [1.807, 2.05) is 12.1 Å². The van der Waals surface area contributed by atoms with Crippen molar-refractivity contribution >= 4 is 17.7 Å². The van der Waals surface area contributed by atoms with Crippen molar-refractivity contribution in [1.82, 2.24) is 5.32 Å². The number of rotatable bonds is 7. The predicted octanol–water partition coefficient (Wildman–Crippen LogP) is 4.55. The van der Waals surface area contributed by atoms with E-state index in [1.54, 1.807) is 52.1 Å². The molecule has 0 unspecified atom stereocenters. The second-order valence-electron chi connectivity index (χ2n) is 8.94. The Morgan fingerprint density at radius 1 is 0.973 bits per heavy atom. The molecule has 1 aliphatic heterocycles. The highest BCUT2D eigenvalue weighted by Gasteiger charge is 2.49. The van der Waals surface area contributed by atoms with Gasteiger partial charge in [-0.25, -0.2) is 9.18 Å². The standard InChI is InChI=1S/C29H30FNO6/c1-5-36-28(33)23-16(3)31-22-15-21(17-9-13-20(35-4)14-10-17)25(29(34)37-6-2)27(32)26(22)24(23)18-7-11-19(30)12-8-18/h7-14,21,24-25,31H,5-6,15H2,1-4H3/t21-,24-,25+/m1/s1. The molecule has 8 heteroatoms. The van der Waals surface area contributed by atoms with E-state index in [4.69, 9.17) is 14.2 Å². The van der Waals surface area contributed by atoms with Crippen LogP contribution in [0.15, 0.2) is 71.1 Å². The maximum absolute atomic E-state index is 14.2. The Balaban J connectivity index is 1.87. The number of halogens is 1. The number of hydrogen-bond donors (Lipinski definition) is 1. The summed E-state index contributed by atoms with van der Waals surface area (Å²) in [6.07, 6.45) is 0.335. The first kappa shape index (κ1) is 26.1. The summed E-state index contributed by atoms with van der Waals surface area (Å²) in [5.74, 6) is -3.84. The third-order valence-electron chi connectivity index (χ3n) is 6.80. The molecule has 0 amide bonds. The van der Waals surface area contributed by atoms with Gasteiger partial charge in [-0.1, -0.05) is 24.3 Å². The number of methoxy groups -OCH3 is 1. The Kier molecular flexibility index (Phi) is 7.76. The van der Waals surface area contributed by atoms with Gasteiger partial charge in [0.15, 0.2) is 5.78 Å². The van der Waals surface area contributed by atoms with E-state index in [0.29, 0.717) is 34.7 Å². The number of benzene rings is 2. The van der Waals surface area contributed by atoms with E-state index in [-0.39, 0.29) is 18.8 Å². The van der Waals surface area contributed by atoms with Crippen LogP contribution in [0.3, 0.4) is 0 Å². The predicted molar refractivity (Wildman–Crippen MR) is 134 cm³/mol. The van der Waals surface area contributed by atoms with Gasteiger partial charge >= 0.3 is 11.9 Å². The minimum absolute atomic E-state index is 0.122. The first-order valence-corrected chi connectivity index (χ1v) is 12.3. The first-order chi connectivity index (χ1) is 17.8. The molecule has 1 heterocycles. The average molecular weight is 508 g/mol. The van der Waals surface area contributed by atoms with Crippen molar-refractivity contribution in [1.29, 1.82) is 0 Å². The third-order valence-corrected chi connectivity index (χ3v) is 6.80. The monoisotopic (exact) mass is 507 g/mol. The molecule has 3 atom stereocenters. The van der Waals surface area contributed by atoms with E-state index >= 15 is 0 Å². The molecule has 7 nitrogen and oxygen atoms in total. The molecule has 1 aliphatic carbocycles. The van der Waals surface area contributed by atoms with Gasteiger partial charge in [-0.3, -0.25) is 9.59 Å². The van der Waals surface area contributed by atoms with Gasteiger partial charge in [-0.2, -0.15) is 0 Å². The zero-order chi connectivity index (χ0) is 26.7. The SMILES string of the molecule is CCOC(=O)C1=C(C)NC2=C(C(=O)[C@@H](C(=O)OCC)[C@@H](c3ccc(OC)cc3)C2)[C@@H]1c1ccc(F)cc1. The Labute approximate surface area is 215 Å². The molecular weight excluding hydrogens is 477 g/mol. The highest BCUT2D eigenvalue weighted by atomic mass is 19.1. The molecule has 0 radical (unpaired) electrons. The van der Waals surface area contributed by atoms with Gasteiger partial charge in [0.05, 0.1) is 25.9 Å². The summed E-state index contributed by atoms with van der Waals surface area (Å²) in [5, 5.41) is 3.25. The number of ether oxygens (including phenoxy) is 3. The van der Waals surface area contributed by atoms with E-state index in [9.17, 15) is 18.8 Å². The van der Waals surface area contributed by atoms with Gasteiger partial charge in [0.25, 0.3) is 0 Å². The Morgan fingerprint density at radius 3 is 2.19 bits per heavy atom. The van der Waals surface area contributed by atoms with E-state index < -0.39 is 41.3 Å². The summed E-state index contributed by atoms with van der Waals surface area (Å²) in [6, 6.07) is 12.9. The lowest BCUT2D eigenvalue weighted by Gasteiger charge is -2.39. The Hall–Kier alpha value is -3.94. The minimum atomic E-state index is -1.11. The number of esters is 2. The molecule has 2 aromatic rings. The molecule has 194 valence electrons. The molecule has 1 N–H and O–H groups in total. The summed E-state index contributed by atoms with van der Waals surface area (Å²) in [4.78, 5) is 40.5. The van der Waals surface area contributed by atoms with Crippen LogP contribution >= 0.6 is 0 Å². The maximum atomic E-state index is 14.2. The van der Waals surface area contributed by atoms with Gasteiger partial charge in [0, 0.05) is 28.8 Å². The van der Waals surface area contributed by atoms with Crippen LogP contribution in [-0.2, 0) is 23.9 Å². The van der Waals surface area contributed by atoms with Crippen molar-refractivity contribution in [2.75, 3.05) is 20.3 Å². The van der Waals surface area contributed by atoms with Crippen LogP contribution in [-0.4, -0.2) is 38.0 Å². The van der Waals surface area contributed by atoms with E-state index in [1.165, 1.54) is 12.1 Å². The average Bonchev–Trinajstić information content (AvgIpc) is 2.88. The summed E-state index contributed by atoms with van der Waals surface area (Å²) in [7, 11) is 1.56. The number of hydrogen-bond acceptors (Lipinski definition) is 7. The van der Waals surface area contributed by atoms with Crippen LogP contribution in [0.4, 0.5) is 4.39 Å². The largest absolute Gasteiger partial charge is 0.497 e. The topological polar surface area (TPSA) is 90.9 Å². The molecule has 37 heavy (non-hydrogen) atoms. The highest BCUT2D eigenvalue weighted by Crippen LogP contribution is 2.48. The Morgan fingerprint density at radius 2 is 1.59 bits per heavy atom. The molecule has 0 spiro atoms. The summed E-state index contributed by atoms with van der Waals surface area (Å²) >= 11 is 0. The van der Waals surface area contributed by atoms with Crippen molar-refractivity contribution in [2.24, 2.45) is 5.92 Å². The van der Waals surface area contributed by atoms with Gasteiger partial charge in [0.2, 0.25) is 0 Å². The summed E-state index contributed by atoms with van der Waals surface area (Å²) < 4.78 is 29.7. The van der Waals surface area contributed by atoms with Crippen LogP contribution in [0.2, 0.25) is 0 Å². The van der Waals surface area contributed by atoms with Gasteiger partial charge in [0.1, 0.15) is 17.5 Å². The fourth-order valence-electron chi connectivity index (χ4n) is 5.17. The fraction of sp³-hybridized carbons (Fsp3) is 0.345. The second kappa shape index (κ2) is 11.0. The molecule has 2 aromatic carbocycles. The number of dihydropyridines is 1. The molecule has 2 aliphatic rings. The van der Waals surface area contributed by atoms with Crippen LogP contribution in [0.5, 0.6) is 5.75 Å². The van der Waals surface area contributed by atoms with Crippen molar-refractivity contribution < 1.29 is 33.0 Å². The molecule has 0 fully saturated rings. The number of nitrogens with one attached hydrogen (secondary N) is 1. The van der Waals surface area contributed by atoms with Crippen LogP contribution in [0.25, 0.3) is 0 Å². The number of carbonyl (C=O) groups is 3. The fourth-order valence-corrected chi connectivity index (χ4v) is 5.17. The van der Waals surface area contributed by atoms with Gasteiger partial charge in [-0.05, 0) is 62.6 Å². The maximum Gasteiger partial charge on any atom is 0.336 e. The van der Waals surface area contributed by atoms with Gasteiger partial charge < -0.3 is 19.5 Å². The lowest BCUT2D eigenvalue weighted by Crippen LogP contribution is -2.43. The first-order valence-electron chi connectivity index (χ1n) is 12.3. The number of Topliss-reactive ketones (excluding diaryl/α,β-unsaturated/α-hetero) is 1. The molecular formula is C29H30FNO6. The molecule has 0 saturated carbocycles. The molecule has 0 saturated heterocycles. The third kappa shape index (κ3) is 5.01. The van der Waals surface area contributed by atoms with Crippen molar-refractivity contribution in [3.8, 4) is 5.75 Å². The normalized spacial score (nSPS) is 21.2. The van der Waals surface area contributed by atoms with Crippen molar-refractivity contribution in [3.63, 3.8) is 0 Å². The second-order valence-corrected chi connectivity index (χ2v) is 8.94. The summed E-state index contributed by atoms with van der Waals surface area (Å²) in [6.45, 7) is 5.40. The number of allylic oxidation sites excluding steroid dienone is 3. The quantitative estimate of drug-likeness (QED) is 0.434. The zero-order valence-corrected chi connectivity index (χ0v) is 21.3. The van der Waals surface area contributed by atoms with E-state index in [0.717, 1.165) is 5.56 Å². The lowest BCUT2D eigenvalue weighted by molar-refractivity contribution is -0.152. The summed E-state index contributed by atoms with van der Waals surface area (Å²) in [5.41, 5.74) is 3.05. The smallest absolute Gasteiger partial charge is 0.336 e.